The Morgan fingerprint density at radius 2 is 1.80 bits per heavy atom. The normalized spacial score (nSPS) is 21.0. The second kappa shape index (κ2) is 8.79. The number of hydrogen-bond donors (Lipinski definition) is 1. The molecular weight excluding hydrogens is 315 g/mol. The maximum Gasteiger partial charge on any atom is 0.230 e. The molecule has 3 nitrogen and oxygen atoms in total. The molecule has 4 heteroatoms. The van der Waals surface area contributed by atoms with Crippen molar-refractivity contribution in [3.05, 3.63) is 35.6 Å². The van der Waals surface area contributed by atoms with Crippen LogP contribution in [0.25, 0.3) is 0 Å². The van der Waals surface area contributed by atoms with Crippen molar-refractivity contribution in [1.29, 1.82) is 0 Å². The van der Waals surface area contributed by atoms with Crippen LogP contribution in [0, 0.1) is 5.82 Å². The van der Waals surface area contributed by atoms with Crippen LogP contribution in [0.3, 0.4) is 0 Å². The SMILES string of the molecule is O=C(NCCCN1CCCCCC1)C1(c2cccc(F)c2)CCCC1. The molecule has 2 fully saturated rings. The molecule has 0 spiro atoms. The summed E-state index contributed by atoms with van der Waals surface area (Å²) in [6.07, 6.45) is 10.0. The number of carbonyl (C=O) groups excluding carboxylic acids is 1. The number of halogens is 1. The number of nitrogens with zero attached hydrogens (tertiary/aromatic N) is 1. The first-order valence-corrected chi connectivity index (χ1v) is 9.97. The molecule has 1 heterocycles. The fraction of sp³-hybridized carbons (Fsp3) is 0.667. The minimum atomic E-state index is -0.523. The maximum absolute atomic E-state index is 13.7. The van der Waals surface area contributed by atoms with Crippen molar-refractivity contribution in [3.63, 3.8) is 0 Å². The first kappa shape index (κ1) is 18.4. The van der Waals surface area contributed by atoms with Crippen LogP contribution in [0.5, 0.6) is 0 Å². The summed E-state index contributed by atoms with van der Waals surface area (Å²) in [5.41, 5.74) is 0.319. The van der Waals surface area contributed by atoms with Crippen LogP contribution in [0.2, 0.25) is 0 Å². The molecule has 0 bridgehead atoms. The molecule has 138 valence electrons. The summed E-state index contributed by atoms with van der Waals surface area (Å²) in [6.45, 7) is 4.17. The molecule has 25 heavy (non-hydrogen) atoms. The van der Waals surface area contributed by atoms with Gasteiger partial charge in [-0.3, -0.25) is 4.79 Å². The number of nitrogens with one attached hydrogen (secondary N) is 1. The molecule has 1 saturated heterocycles. The first-order chi connectivity index (χ1) is 12.2. The molecule has 0 atom stereocenters. The Morgan fingerprint density at radius 1 is 1.08 bits per heavy atom. The number of hydrogen-bond acceptors (Lipinski definition) is 2. The second-order valence-corrected chi connectivity index (χ2v) is 7.66. The van der Waals surface area contributed by atoms with Crippen molar-refractivity contribution in [3.8, 4) is 0 Å². The molecular formula is C21H31FN2O. The molecule has 1 aromatic carbocycles. The van der Waals surface area contributed by atoms with Gasteiger partial charge in [0.1, 0.15) is 5.82 Å². The zero-order chi connectivity index (χ0) is 17.5. The lowest BCUT2D eigenvalue weighted by Crippen LogP contribution is -2.43. The van der Waals surface area contributed by atoms with Crippen molar-refractivity contribution in [2.24, 2.45) is 0 Å². The molecule has 0 unspecified atom stereocenters. The number of amides is 1. The third-order valence-corrected chi connectivity index (χ3v) is 5.90. The van der Waals surface area contributed by atoms with Crippen LogP contribution in [0.15, 0.2) is 24.3 Å². The van der Waals surface area contributed by atoms with Gasteiger partial charge in [0.25, 0.3) is 0 Å². The van der Waals surface area contributed by atoms with Crippen molar-refractivity contribution >= 4 is 5.91 Å². The number of benzene rings is 1. The smallest absolute Gasteiger partial charge is 0.230 e. The summed E-state index contributed by atoms with van der Waals surface area (Å²) < 4.78 is 13.7. The number of rotatable bonds is 6. The van der Waals surface area contributed by atoms with Crippen LogP contribution < -0.4 is 5.32 Å². The van der Waals surface area contributed by atoms with Gasteiger partial charge in [-0.05, 0) is 69.4 Å². The zero-order valence-corrected chi connectivity index (χ0v) is 15.2. The summed E-state index contributed by atoms with van der Waals surface area (Å²) in [5.74, 6) is -0.163. The molecule has 1 aliphatic carbocycles. The van der Waals surface area contributed by atoms with Crippen LogP contribution in [0.4, 0.5) is 4.39 Å². The van der Waals surface area contributed by atoms with E-state index in [0.717, 1.165) is 44.2 Å². The third kappa shape index (κ3) is 4.60. The van der Waals surface area contributed by atoms with E-state index in [-0.39, 0.29) is 11.7 Å². The predicted octanol–water partition coefficient (Wildman–Crippen LogP) is 4.02. The van der Waals surface area contributed by atoms with E-state index in [4.69, 9.17) is 0 Å². The Balaban J connectivity index is 1.53. The lowest BCUT2D eigenvalue weighted by atomic mass is 9.78. The third-order valence-electron chi connectivity index (χ3n) is 5.90. The van der Waals surface area contributed by atoms with E-state index in [1.165, 1.54) is 44.8 Å². The largest absolute Gasteiger partial charge is 0.355 e. The van der Waals surface area contributed by atoms with Crippen molar-refractivity contribution in [1.82, 2.24) is 10.2 Å². The molecule has 1 aliphatic heterocycles. The maximum atomic E-state index is 13.7. The standard InChI is InChI=1S/C21H31FN2O/c22-19-10-7-9-18(17-19)21(11-3-4-12-21)20(25)23-13-8-16-24-14-5-1-2-6-15-24/h7,9-10,17H,1-6,8,11-16H2,(H,23,25). The van der Waals surface area contributed by atoms with Gasteiger partial charge in [-0.15, -0.1) is 0 Å². The fourth-order valence-corrected chi connectivity index (χ4v) is 4.45. The monoisotopic (exact) mass is 346 g/mol. The van der Waals surface area contributed by atoms with E-state index in [0.29, 0.717) is 6.54 Å². The van der Waals surface area contributed by atoms with Gasteiger partial charge in [0.2, 0.25) is 5.91 Å². The summed E-state index contributed by atoms with van der Waals surface area (Å²) in [6, 6.07) is 6.62. The molecule has 0 aromatic heterocycles. The molecule has 1 aromatic rings. The van der Waals surface area contributed by atoms with Gasteiger partial charge < -0.3 is 10.2 Å². The van der Waals surface area contributed by atoms with Crippen LogP contribution in [0.1, 0.15) is 63.4 Å². The van der Waals surface area contributed by atoms with E-state index >= 15 is 0 Å². The van der Waals surface area contributed by atoms with Gasteiger partial charge in [-0.25, -0.2) is 4.39 Å². The topological polar surface area (TPSA) is 32.3 Å². The minimum Gasteiger partial charge on any atom is -0.355 e. The summed E-state index contributed by atoms with van der Waals surface area (Å²) >= 11 is 0. The molecule has 1 amide bonds. The highest BCUT2D eigenvalue weighted by Crippen LogP contribution is 2.41. The molecule has 1 N–H and O–H groups in total. The van der Waals surface area contributed by atoms with Crippen LogP contribution in [-0.4, -0.2) is 37.0 Å². The van der Waals surface area contributed by atoms with Gasteiger partial charge in [0.05, 0.1) is 5.41 Å². The Bertz CT molecular complexity index is 561. The van der Waals surface area contributed by atoms with Crippen LogP contribution in [-0.2, 0) is 10.2 Å². The number of carbonyl (C=O) groups is 1. The lowest BCUT2D eigenvalue weighted by molar-refractivity contribution is -0.126. The Kier molecular flexibility index (Phi) is 6.46. The Hall–Kier alpha value is -1.42. The highest BCUT2D eigenvalue weighted by molar-refractivity contribution is 5.88. The van der Waals surface area contributed by atoms with Crippen molar-refractivity contribution in [2.75, 3.05) is 26.2 Å². The van der Waals surface area contributed by atoms with Gasteiger partial charge in [-0.1, -0.05) is 37.8 Å². The highest BCUT2D eigenvalue weighted by atomic mass is 19.1. The van der Waals surface area contributed by atoms with E-state index < -0.39 is 5.41 Å². The predicted molar refractivity (Wildman–Crippen MR) is 99.1 cm³/mol. The lowest BCUT2D eigenvalue weighted by Gasteiger charge is -2.28. The van der Waals surface area contributed by atoms with E-state index in [2.05, 4.69) is 10.2 Å². The Morgan fingerprint density at radius 3 is 2.48 bits per heavy atom. The first-order valence-electron chi connectivity index (χ1n) is 9.97. The molecule has 2 aliphatic rings. The van der Waals surface area contributed by atoms with E-state index in [1.807, 2.05) is 6.07 Å². The number of likely N-dealkylation sites (tertiary alicyclic amines) is 1. The summed E-state index contributed by atoms with van der Waals surface area (Å²) in [5, 5.41) is 3.15. The second-order valence-electron chi connectivity index (χ2n) is 7.66. The average Bonchev–Trinajstić information content (AvgIpc) is 2.98. The molecule has 1 saturated carbocycles. The van der Waals surface area contributed by atoms with Gasteiger partial charge in [-0.2, -0.15) is 0 Å². The fourth-order valence-electron chi connectivity index (χ4n) is 4.45. The van der Waals surface area contributed by atoms with Gasteiger partial charge in [0, 0.05) is 6.54 Å². The quantitative estimate of drug-likeness (QED) is 0.789. The minimum absolute atomic E-state index is 0.0893. The molecule has 0 radical (unpaired) electrons. The van der Waals surface area contributed by atoms with Gasteiger partial charge >= 0.3 is 0 Å². The van der Waals surface area contributed by atoms with Gasteiger partial charge in [0.15, 0.2) is 0 Å². The highest BCUT2D eigenvalue weighted by Gasteiger charge is 2.42. The summed E-state index contributed by atoms with van der Waals surface area (Å²) in [7, 11) is 0. The average molecular weight is 346 g/mol. The molecule has 3 rings (SSSR count). The van der Waals surface area contributed by atoms with E-state index in [1.54, 1.807) is 12.1 Å². The Labute approximate surface area is 151 Å². The zero-order valence-electron chi connectivity index (χ0n) is 15.2. The van der Waals surface area contributed by atoms with Crippen LogP contribution >= 0.6 is 0 Å². The summed E-state index contributed by atoms with van der Waals surface area (Å²) in [4.78, 5) is 15.5. The van der Waals surface area contributed by atoms with Crippen molar-refractivity contribution < 1.29 is 9.18 Å². The van der Waals surface area contributed by atoms with Crippen molar-refractivity contribution in [2.45, 2.75) is 63.2 Å². The van der Waals surface area contributed by atoms with E-state index in [9.17, 15) is 9.18 Å².